The third-order valence-corrected chi connectivity index (χ3v) is 6.11. The lowest BCUT2D eigenvalue weighted by atomic mass is 10.1. The molecule has 1 N–H and O–H groups in total. The van der Waals surface area contributed by atoms with Crippen molar-refractivity contribution in [2.75, 3.05) is 39.8 Å². The van der Waals surface area contributed by atoms with E-state index < -0.39 is 20.6 Å². The molecule has 1 saturated heterocycles. The van der Waals surface area contributed by atoms with Crippen LogP contribution in [0.4, 0.5) is 5.69 Å². The Morgan fingerprint density at radius 2 is 1.88 bits per heavy atom. The van der Waals surface area contributed by atoms with Gasteiger partial charge in [-0.3, -0.25) is 14.9 Å². The van der Waals surface area contributed by atoms with Gasteiger partial charge >= 0.3 is 0 Å². The monoisotopic (exact) mass is 370 g/mol. The number of carbonyl (C=O) groups is 1. The Balaban J connectivity index is 2.12. The number of benzene rings is 1. The third-order valence-electron chi connectivity index (χ3n) is 4.16. The van der Waals surface area contributed by atoms with E-state index in [0.717, 1.165) is 0 Å². The molecule has 9 nitrogen and oxygen atoms in total. The summed E-state index contributed by atoms with van der Waals surface area (Å²) in [7, 11) is -2.21. The first kappa shape index (κ1) is 19.3. The molecule has 2 rings (SSSR count). The number of nitrogens with zero attached hydrogens (tertiary/aromatic N) is 3. The molecule has 138 valence electrons. The smallest absolute Gasteiger partial charge is 0.289 e. The lowest BCUT2D eigenvalue weighted by Crippen LogP contribution is -2.52. The molecule has 1 aliphatic heterocycles. The van der Waals surface area contributed by atoms with Crippen LogP contribution in [-0.2, 0) is 14.8 Å². The number of para-hydroxylation sites is 1. The lowest BCUT2D eigenvalue weighted by Gasteiger charge is -2.35. The van der Waals surface area contributed by atoms with Crippen molar-refractivity contribution >= 4 is 21.6 Å². The molecule has 0 radical (unpaired) electrons. The molecular formula is C15H22N4O5S. The highest BCUT2D eigenvalue weighted by molar-refractivity contribution is 7.89. The summed E-state index contributed by atoms with van der Waals surface area (Å²) in [4.78, 5) is 24.0. The molecule has 1 amide bonds. The minimum atomic E-state index is -3.98. The minimum absolute atomic E-state index is 0.0305. The zero-order chi connectivity index (χ0) is 18.6. The van der Waals surface area contributed by atoms with Crippen LogP contribution >= 0.6 is 0 Å². The molecule has 1 aromatic rings. The van der Waals surface area contributed by atoms with Gasteiger partial charge < -0.3 is 10.2 Å². The quantitative estimate of drug-likeness (QED) is 0.569. The molecule has 10 heteroatoms. The Labute approximate surface area is 146 Å². The van der Waals surface area contributed by atoms with Crippen LogP contribution in [0.1, 0.15) is 6.92 Å². The fourth-order valence-corrected chi connectivity index (χ4v) is 4.40. The SMILES string of the molecule is CNCC(C)C(=O)N1CCN(S(=O)(=O)c2ccccc2[N+](=O)[O-])CC1. The van der Waals surface area contributed by atoms with E-state index in [2.05, 4.69) is 5.32 Å². The zero-order valence-electron chi connectivity index (χ0n) is 14.2. The van der Waals surface area contributed by atoms with Crippen LogP contribution in [0.3, 0.4) is 0 Å². The van der Waals surface area contributed by atoms with Crippen molar-refractivity contribution < 1.29 is 18.1 Å². The largest absolute Gasteiger partial charge is 0.340 e. The molecule has 0 saturated carbocycles. The Morgan fingerprint density at radius 1 is 1.28 bits per heavy atom. The predicted molar refractivity (Wildman–Crippen MR) is 91.5 cm³/mol. The number of hydrogen-bond acceptors (Lipinski definition) is 6. The standard InChI is InChI=1S/C15H22N4O5S/c1-12(11-16-2)15(20)17-7-9-18(10-8-17)25(23,24)14-6-4-3-5-13(14)19(21)22/h3-6,12,16H,7-11H2,1-2H3. The number of rotatable bonds is 6. The first-order valence-electron chi connectivity index (χ1n) is 7.96. The van der Waals surface area contributed by atoms with Crippen molar-refractivity contribution in [1.29, 1.82) is 0 Å². The first-order chi connectivity index (χ1) is 11.8. The van der Waals surface area contributed by atoms with Gasteiger partial charge in [0.2, 0.25) is 15.9 Å². The number of amides is 1. The molecule has 1 unspecified atom stereocenters. The van der Waals surface area contributed by atoms with Gasteiger partial charge in [0.25, 0.3) is 5.69 Å². The number of nitrogens with one attached hydrogen (secondary N) is 1. The molecule has 0 spiro atoms. The van der Waals surface area contributed by atoms with Crippen molar-refractivity contribution in [3.8, 4) is 0 Å². The van der Waals surface area contributed by atoms with E-state index >= 15 is 0 Å². The number of nitro groups is 1. The summed E-state index contributed by atoms with van der Waals surface area (Å²) < 4.78 is 26.7. The Kier molecular flexibility index (Phi) is 6.09. The van der Waals surface area contributed by atoms with Crippen LogP contribution in [-0.4, -0.2) is 68.2 Å². The van der Waals surface area contributed by atoms with Crippen LogP contribution in [0.2, 0.25) is 0 Å². The van der Waals surface area contributed by atoms with Crippen molar-refractivity contribution in [2.45, 2.75) is 11.8 Å². The van der Waals surface area contributed by atoms with Gasteiger partial charge in [0.05, 0.1) is 4.92 Å². The summed E-state index contributed by atoms with van der Waals surface area (Å²) in [6, 6.07) is 5.29. The highest BCUT2D eigenvalue weighted by Gasteiger charge is 2.34. The van der Waals surface area contributed by atoms with Gasteiger partial charge in [-0.1, -0.05) is 19.1 Å². The molecule has 0 bridgehead atoms. The summed E-state index contributed by atoms with van der Waals surface area (Å²) in [5.41, 5.74) is -0.441. The highest BCUT2D eigenvalue weighted by Crippen LogP contribution is 2.27. The number of nitro benzene ring substituents is 1. The summed E-state index contributed by atoms with van der Waals surface area (Å²) in [6.07, 6.45) is 0. The molecular weight excluding hydrogens is 348 g/mol. The molecule has 25 heavy (non-hydrogen) atoms. The minimum Gasteiger partial charge on any atom is -0.340 e. The van der Waals surface area contributed by atoms with E-state index in [1.54, 1.807) is 11.9 Å². The average molecular weight is 370 g/mol. The van der Waals surface area contributed by atoms with E-state index in [0.29, 0.717) is 6.54 Å². The van der Waals surface area contributed by atoms with Gasteiger partial charge in [-0.05, 0) is 13.1 Å². The predicted octanol–water partition coefficient (Wildman–Crippen LogP) is 0.283. The van der Waals surface area contributed by atoms with Crippen molar-refractivity contribution in [1.82, 2.24) is 14.5 Å². The maximum absolute atomic E-state index is 12.7. The molecule has 1 aromatic carbocycles. The molecule has 0 aromatic heterocycles. The van der Waals surface area contributed by atoms with Crippen molar-refractivity contribution in [3.63, 3.8) is 0 Å². The maximum atomic E-state index is 12.7. The fourth-order valence-electron chi connectivity index (χ4n) is 2.82. The van der Waals surface area contributed by atoms with E-state index in [-0.39, 0.29) is 42.9 Å². The fraction of sp³-hybridized carbons (Fsp3) is 0.533. The van der Waals surface area contributed by atoms with Gasteiger partial charge in [0, 0.05) is 44.7 Å². The first-order valence-corrected chi connectivity index (χ1v) is 9.40. The Bertz CT molecular complexity index is 744. The molecule has 1 aliphatic rings. The Morgan fingerprint density at radius 3 is 2.44 bits per heavy atom. The molecule has 0 aliphatic carbocycles. The molecule has 1 atom stereocenters. The van der Waals surface area contributed by atoms with E-state index in [1.165, 1.54) is 28.6 Å². The summed E-state index contributed by atoms with van der Waals surface area (Å²) in [5, 5.41) is 14.0. The van der Waals surface area contributed by atoms with E-state index in [1.807, 2.05) is 6.92 Å². The van der Waals surface area contributed by atoms with Crippen LogP contribution in [0.15, 0.2) is 29.2 Å². The number of piperazine rings is 1. The Hall–Kier alpha value is -2.04. The highest BCUT2D eigenvalue weighted by atomic mass is 32.2. The van der Waals surface area contributed by atoms with Crippen LogP contribution < -0.4 is 5.32 Å². The van der Waals surface area contributed by atoms with Crippen LogP contribution in [0.5, 0.6) is 0 Å². The second-order valence-corrected chi connectivity index (χ2v) is 7.82. The molecule has 1 fully saturated rings. The normalized spacial score (nSPS) is 17.3. The van der Waals surface area contributed by atoms with Crippen molar-refractivity contribution in [3.05, 3.63) is 34.4 Å². The van der Waals surface area contributed by atoms with Gasteiger partial charge in [0.1, 0.15) is 0 Å². The number of sulfonamides is 1. The molecule has 1 heterocycles. The number of carbonyl (C=O) groups excluding carboxylic acids is 1. The van der Waals surface area contributed by atoms with Gasteiger partial charge in [0.15, 0.2) is 4.90 Å². The second kappa shape index (κ2) is 7.89. The topological polar surface area (TPSA) is 113 Å². The van der Waals surface area contributed by atoms with Gasteiger partial charge in [-0.15, -0.1) is 0 Å². The lowest BCUT2D eigenvalue weighted by molar-refractivity contribution is -0.387. The van der Waals surface area contributed by atoms with E-state index in [4.69, 9.17) is 0 Å². The third kappa shape index (κ3) is 4.14. The van der Waals surface area contributed by atoms with Crippen LogP contribution in [0.25, 0.3) is 0 Å². The summed E-state index contributed by atoms with van der Waals surface area (Å²) >= 11 is 0. The van der Waals surface area contributed by atoms with Gasteiger partial charge in [-0.2, -0.15) is 4.31 Å². The van der Waals surface area contributed by atoms with Crippen LogP contribution in [0, 0.1) is 16.0 Å². The second-order valence-electron chi connectivity index (χ2n) is 5.91. The van der Waals surface area contributed by atoms with E-state index in [9.17, 15) is 23.3 Å². The van der Waals surface area contributed by atoms with Gasteiger partial charge in [-0.25, -0.2) is 8.42 Å². The maximum Gasteiger partial charge on any atom is 0.289 e. The average Bonchev–Trinajstić information content (AvgIpc) is 2.61. The van der Waals surface area contributed by atoms with Crippen molar-refractivity contribution in [2.24, 2.45) is 5.92 Å². The summed E-state index contributed by atoms with van der Waals surface area (Å²) in [6.45, 7) is 3.14. The summed E-state index contributed by atoms with van der Waals surface area (Å²) in [5.74, 6) is -0.222. The zero-order valence-corrected chi connectivity index (χ0v) is 15.0. The number of hydrogen-bond donors (Lipinski definition) is 1.